The zero-order valence-electron chi connectivity index (χ0n) is 20.5. The van der Waals surface area contributed by atoms with Crippen molar-refractivity contribution < 1.29 is 26.7 Å². The third-order valence-electron chi connectivity index (χ3n) is 5.98. The van der Waals surface area contributed by atoms with Crippen LogP contribution < -0.4 is 38.3 Å². The second kappa shape index (κ2) is 12.1. The lowest BCUT2D eigenvalue weighted by molar-refractivity contribution is -0.0000288. The Morgan fingerprint density at radius 1 is 0.711 bits per heavy atom. The van der Waals surface area contributed by atoms with Gasteiger partial charge in [0, 0.05) is 5.56 Å². The summed E-state index contributed by atoms with van der Waals surface area (Å²) in [7, 11) is -1.25. The van der Waals surface area contributed by atoms with Crippen molar-refractivity contribution in [3.05, 3.63) is 133 Å². The highest BCUT2D eigenvalue weighted by molar-refractivity contribution is 8.04. The minimum Gasteiger partial charge on any atom is -1.00 e. The van der Waals surface area contributed by atoms with Crippen LogP contribution in [-0.4, -0.2) is 24.0 Å². The zero-order chi connectivity index (χ0) is 25.7. The highest BCUT2D eigenvalue weighted by Gasteiger charge is 2.52. The standard InChI is InChI=1S/C30H23N2O3PS.ClH/c1-35-28(34)26-29(37-30(31-26)32-27(33)22-14-6-2-7-15-22)36(23-16-8-3-9-17-23,24-18-10-4-11-19-24)25-20-12-5-13-21-25;/h2-21H,1H3;1H. The lowest BCUT2D eigenvalue weighted by Crippen LogP contribution is -3.00. The number of nitrogens with zero attached hydrogens (tertiary/aromatic N) is 1. The fourth-order valence-corrected chi connectivity index (χ4v) is 10.7. The number of benzene rings is 4. The van der Waals surface area contributed by atoms with Gasteiger partial charge in [-0.2, -0.15) is 0 Å². The fraction of sp³-hybridized carbons (Fsp3) is 0.0333. The SMILES string of the molecule is COC(=O)c1nc(NC(=O)c2ccccc2)sc1[P+](c1ccccc1)(c1ccccc1)c1ccccc1.[Cl-]. The maximum Gasteiger partial charge on any atom is 0.361 e. The summed E-state index contributed by atoms with van der Waals surface area (Å²) in [6, 6.07) is 39.5. The molecule has 0 aliphatic heterocycles. The number of anilines is 1. The van der Waals surface area contributed by atoms with E-state index in [1.54, 1.807) is 24.3 Å². The van der Waals surface area contributed by atoms with E-state index < -0.39 is 13.2 Å². The molecule has 0 fully saturated rings. The first-order valence-corrected chi connectivity index (χ1v) is 14.3. The molecule has 0 bridgehead atoms. The predicted octanol–water partition coefficient (Wildman–Crippen LogP) is 1.81. The number of methoxy groups -OCH3 is 1. The van der Waals surface area contributed by atoms with Gasteiger partial charge >= 0.3 is 5.97 Å². The topological polar surface area (TPSA) is 68.3 Å². The monoisotopic (exact) mass is 558 g/mol. The van der Waals surface area contributed by atoms with Crippen LogP contribution in [0.2, 0.25) is 0 Å². The number of nitrogens with one attached hydrogen (secondary N) is 1. The van der Waals surface area contributed by atoms with E-state index in [2.05, 4.69) is 46.7 Å². The normalized spacial score (nSPS) is 10.8. The molecular weight excluding hydrogens is 535 g/mol. The van der Waals surface area contributed by atoms with Crippen LogP contribution in [0.5, 0.6) is 0 Å². The largest absolute Gasteiger partial charge is 1.00 e. The molecule has 1 N–H and O–H groups in total. The molecule has 0 aliphatic rings. The Balaban J connectivity index is 0.00000336. The number of halogens is 1. The van der Waals surface area contributed by atoms with Crippen molar-refractivity contribution >= 4 is 56.1 Å². The molecule has 0 saturated carbocycles. The number of amides is 1. The number of carbonyl (C=O) groups excluding carboxylic acids is 2. The van der Waals surface area contributed by atoms with Gasteiger partial charge in [0.25, 0.3) is 5.91 Å². The molecule has 1 aromatic heterocycles. The Kier molecular flexibility index (Phi) is 8.70. The first kappa shape index (κ1) is 27.2. The van der Waals surface area contributed by atoms with Crippen molar-refractivity contribution in [1.82, 2.24) is 4.98 Å². The minimum absolute atomic E-state index is 0. The van der Waals surface area contributed by atoms with Gasteiger partial charge in [-0.15, -0.1) is 0 Å². The van der Waals surface area contributed by atoms with E-state index in [0.29, 0.717) is 10.7 Å². The van der Waals surface area contributed by atoms with Crippen molar-refractivity contribution in [2.45, 2.75) is 0 Å². The predicted molar refractivity (Wildman–Crippen MR) is 153 cm³/mol. The van der Waals surface area contributed by atoms with E-state index in [9.17, 15) is 9.59 Å². The molecule has 1 amide bonds. The average Bonchev–Trinajstić information content (AvgIpc) is 3.39. The molecule has 5 aromatic rings. The summed E-state index contributed by atoms with van der Waals surface area (Å²) in [5.74, 6) is -0.834. The van der Waals surface area contributed by atoms with E-state index in [0.717, 1.165) is 20.5 Å². The van der Waals surface area contributed by atoms with Crippen LogP contribution in [-0.2, 0) is 4.74 Å². The number of carbonyl (C=O) groups is 2. The summed E-state index contributed by atoms with van der Waals surface area (Å²) in [6.45, 7) is 0. The first-order chi connectivity index (χ1) is 18.1. The van der Waals surface area contributed by atoms with Crippen LogP contribution in [0.15, 0.2) is 121 Å². The molecule has 0 spiro atoms. The van der Waals surface area contributed by atoms with E-state index >= 15 is 0 Å². The van der Waals surface area contributed by atoms with Crippen molar-refractivity contribution in [2.24, 2.45) is 0 Å². The Morgan fingerprint density at radius 2 is 1.13 bits per heavy atom. The Labute approximate surface area is 232 Å². The Bertz CT molecular complexity index is 1420. The van der Waals surface area contributed by atoms with Gasteiger partial charge in [-0.25, -0.2) is 9.78 Å². The molecule has 4 aromatic carbocycles. The fourth-order valence-electron chi connectivity index (χ4n) is 4.34. The lowest BCUT2D eigenvalue weighted by atomic mass is 10.2. The van der Waals surface area contributed by atoms with Gasteiger partial charge in [0.15, 0.2) is 17.0 Å². The van der Waals surface area contributed by atoms with Crippen LogP contribution in [0.25, 0.3) is 0 Å². The number of hydrogen-bond donors (Lipinski definition) is 1. The number of rotatable bonds is 7. The van der Waals surface area contributed by atoms with Gasteiger partial charge in [-0.3, -0.25) is 10.1 Å². The number of hydrogen-bond acceptors (Lipinski definition) is 5. The highest BCUT2D eigenvalue weighted by Crippen LogP contribution is 2.56. The summed E-state index contributed by atoms with van der Waals surface area (Å²) >= 11 is 1.32. The molecule has 1 heterocycles. The van der Waals surface area contributed by atoms with Gasteiger partial charge in [-0.1, -0.05) is 84.1 Å². The lowest BCUT2D eigenvalue weighted by Gasteiger charge is -2.26. The molecule has 0 radical (unpaired) electrons. The molecule has 5 nitrogen and oxygen atoms in total. The van der Waals surface area contributed by atoms with Crippen LogP contribution in [0.1, 0.15) is 20.8 Å². The second-order valence-corrected chi connectivity index (χ2v) is 12.8. The van der Waals surface area contributed by atoms with Crippen LogP contribution in [0.4, 0.5) is 5.13 Å². The molecular formula is C30H24ClN2O3PS. The maximum atomic E-state index is 13.2. The summed E-state index contributed by atoms with van der Waals surface area (Å²) in [5, 5.41) is 6.46. The summed E-state index contributed by atoms with van der Waals surface area (Å²) in [5.41, 5.74) is 0.717. The Morgan fingerprint density at radius 3 is 1.55 bits per heavy atom. The second-order valence-electron chi connectivity index (χ2n) is 8.16. The summed E-state index contributed by atoms with van der Waals surface area (Å²) in [6.07, 6.45) is 0. The molecule has 0 saturated heterocycles. The van der Waals surface area contributed by atoms with Gasteiger partial charge in [0.2, 0.25) is 5.69 Å². The van der Waals surface area contributed by atoms with E-state index in [1.807, 2.05) is 60.7 Å². The number of thiazole rings is 1. The molecule has 38 heavy (non-hydrogen) atoms. The van der Waals surface area contributed by atoms with Crippen molar-refractivity contribution in [1.29, 1.82) is 0 Å². The quantitative estimate of drug-likeness (QED) is 0.244. The molecule has 8 heteroatoms. The number of aromatic nitrogens is 1. The smallest absolute Gasteiger partial charge is 0.361 e. The van der Waals surface area contributed by atoms with E-state index in [-0.39, 0.29) is 24.0 Å². The molecule has 0 unspecified atom stereocenters. The van der Waals surface area contributed by atoms with E-state index in [4.69, 9.17) is 4.74 Å². The summed E-state index contributed by atoms with van der Waals surface area (Å²) in [4.78, 5) is 30.8. The van der Waals surface area contributed by atoms with Gasteiger partial charge in [-0.05, 0) is 48.5 Å². The van der Waals surface area contributed by atoms with Crippen LogP contribution >= 0.6 is 18.6 Å². The molecule has 0 atom stereocenters. The first-order valence-electron chi connectivity index (χ1n) is 11.7. The van der Waals surface area contributed by atoms with Gasteiger partial charge in [0.05, 0.1) is 7.11 Å². The average molecular weight is 559 g/mol. The van der Waals surface area contributed by atoms with Crippen LogP contribution in [0, 0.1) is 0 Å². The number of esters is 1. The van der Waals surface area contributed by atoms with Gasteiger partial charge < -0.3 is 17.1 Å². The number of ether oxygens (including phenoxy) is 1. The van der Waals surface area contributed by atoms with Crippen LogP contribution in [0.3, 0.4) is 0 Å². The third-order valence-corrected chi connectivity index (χ3v) is 11.9. The minimum atomic E-state index is -2.60. The van der Waals surface area contributed by atoms with Crippen molar-refractivity contribution in [3.63, 3.8) is 0 Å². The Hall–Kier alpha value is -3.83. The zero-order valence-corrected chi connectivity index (χ0v) is 22.9. The van der Waals surface area contributed by atoms with Crippen molar-refractivity contribution in [3.8, 4) is 0 Å². The van der Waals surface area contributed by atoms with Crippen molar-refractivity contribution in [2.75, 3.05) is 12.4 Å². The van der Waals surface area contributed by atoms with Gasteiger partial charge in [0.1, 0.15) is 15.9 Å². The summed E-state index contributed by atoms with van der Waals surface area (Å²) < 4.78 is 5.96. The van der Waals surface area contributed by atoms with E-state index in [1.165, 1.54) is 18.4 Å². The maximum absolute atomic E-state index is 13.2. The molecule has 0 aliphatic carbocycles. The molecule has 5 rings (SSSR count). The third kappa shape index (κ3) is 5.11. The molecule has 190 valence electrons. The highest BCUT2D eigenvalue weighted by atomic mass is 35.5.